The summed E-state index contributed by atoms with van der Waals surface area (Å²) in [6.07, 6.45) is -4.19. The number of carboxylic acids is 1. The van der Waals surface area contributed by atoms with Crippen LogP contribution in [0.15, 0.2) is 12.3 Å². The van der Waals surface area contributed by atoms with Gasteiger partial charge in [0.2, 0.25) is 5.95 Å². The molecule has 0 aliphatic carbocycles. The highest BCUT2D eigenvalue weighted by Crippen LogP contribution is 2.46. The summed E-state index contributed by atoms with van der Waals surface area (Å²) in [4.78, 5) is 19.7. The first-order valence-electron chi connectivity index (χ1n) is 5.58. The van der Waals surface area contributed by atoms with Gasteiger partial charge in [-0.1, -0.05) is 0 Å². The van der Waals surface area contributed by atoms with Gasteiger partial charge >= 0.3 is 12.1 Å². The van der Waals surface area contributed by atoms with E-state index in [1.54, 1.807) is 6.07 Å². The number of carboxylic acid groups (broad SMARTS) is 1. The number of hydrogen-bond donors (Lipinski definition) is 1. The number of anilines is 1. The summed E-state index contributed by atoms with van der Waals surface area (Å²) in [5, 5.41) is 17.6. The van der Waals surface area contributed by atoms with Crippen LogP contribution in [0.1, 0.15) is 12.1 Å². The van der Waals surface area contributed by atoms with Crippen molar-refractivity contribution in [3.8, 4) is 6.07 Å². The van der Waals surface area contributed by atoms with Gasteiger partial charge in [-0.25, -0.2) is 9.97 Å². The fraction of sp³-hybridized carbons (Fsp3) is 0.455. The van der Waals surface area contributed by atoms with Crippen molar-refractivity contribution in [1.29, 1.82) is 5.26 Å². The van der Waals surface area contributed by atoms with E-state index in [1.165, 1.54) is 12.3 Å². The lowest BCUT2D eigenvalue weighted by Gasteiger charge is -2.27. The van der Waals surface area contributed by atoms with E-state index >= 15 is 0 Å². The molecule has 0 bridgehead atoms. The van der Waals surface area contributed by atoms with Crippen molar-refractivity contribution in [2.75, 3.05) is 18.0 Å². The Bertz CT molecular complexity index is 584. The number of aromatic nitrogens is 2. The number of aliphatic carboxylic acids is 1. The van der Waals surface area contributed by atoms with Crippen molar-refractivity contribution < 1.29 is 23.1 Å². The first-order chi connectivity index (χ1) is 9.30. The molecule has 0 radical (unpaired) electrons. The summed E-state index contributed by atoms with van der Waals surface area (Å²) in [5.74, 6) is -1.99. The van der Waals surface area contributed by atoms with E-state index < -0.39 is 30.5 Å². The Morgan fingerprint density at radius 3 is 2.75 bits per heavy atom. The Kier molecular flexibility index (Phi) is 3.25. The summed E-state index contributed by atoms with van der Waals surface area (Å²) in [6, 6.07) is 3.06. The molecule has 2 heterocycles. The molecule has 1 unspecified atom stereocenters. The monoisotopic (exact) mass is 286 g/mol. The number of carbonyl (C=O) groups is 1. The number of halogens is 3. The van der Waals surface area contributed by atoms with Crippen LogP contribution in [-0.4, -0.2) is 40.3 Å². The van der Waals surface area contributed by atoms with Crippen molar-refractivity contribution >= 4 is 11.9 Å². The molecule has 20 heavy (non-hydrogen) atoms. The molecule has 1 saturated heterocycles. The lowest BCUT2D eigenvalue weighted by molar-refractivity contribution is -0.225. The lowest BCUT2D eigenvalue weighted by Crippen LogP contribution is -2.47. The van der Waals surface area contributed by atoms with Crippen LogP contribution in [0, 0.1) is 16.7 Å². The zero-order valence-electron chi connectivity index (χ0n) is 10.1. The minimum Gasteiger partial charge on any atom is -0.481 e. The maximum absolute atomic E-state index is 13.0. The standard InChI is InChI=1S/C11H9F3N4O2/c12-11(13,14)10(8(19)20)2-4-18(6-10)9-16-3-1-7(5-15)17-9/h1,3H,2,4,6H2,(H,19,20). The number of rotatable bonds is 2. The van der Waals surface area contributed by atoms with Crippen LogP contribution in [-0.2, 0) is 4.79 Å². The molecule has 1 aliphatic rings. The van der Waals surface area contributed by atoms with Gasteiger partial charge in [0.25, 0.3) is 0 Å². The van der Waals surface area contributed by atoms with Crippen LogP contribution in [0.5, 0.6) is 0 Å². The van der Waals surface area contributed by atoms with E-state index in [9.17, 15) is 18.0 Å². The van der Waals surface area contributed by atoms with Crippen molar-refractivity contribution in [1.82, 2.24) is 9.97 Å². The van der Waals surface area contributed by atoms with Gasteiger partial charge in [-0.3, -0.25) is 4.79 Å². The molecule has 0 aromatic carbocycles. The molecule has 1 fully saturated rings. The number of alkyl halides is 3. The second-order valence-electron chi connectivity index (χ2n) is 4.41. The molecule has 1 atom stereocenters. The predicted molar refractivity (Wildman–Crippen MR) is 59.7 cm³/mol. The quantitative estimate of drug-likeness (QED) is 0.878. The van der Waals surface area contributed by atoms with Crippen LogP contribution >= 0.6 is 0 Å². The minimum absolute atomic E-state index is 0.00911. The predicted octanol–water partition coefficient (Wildman–Crippen LogP) is 1.19. The minimum atomic E-state index is -4.86. The number of nitriles is 1. The number of nitrogens with zero attached hydrogens (tertiary/aromatic N) is 4. The zero-order valence-corrected chi connectivity index (χ0v) is 10.1. The van der Waals surface area contributed by atoms with Crippen molar-refractivity contribution in [3.05, 3.63) is 18.0 Å². The Balaban J connectivity index is 2.31. The molecule has 0 saturated carbocycles. The molecule has 1 aromatic rings. The molecule has 9 heteroatoms. The fourth-order valence-corrected chi connectivity index (χ4v) is 2.07. The number of hydrogen-bond acceptors (Lipinski definition) is 5. The molecule has 1 aromatic heterocycles. The Morgan fingerprint density at radius 2 is 2.25 bits per heavy atom. The molecule has 0 spiro atoms. The van der Waals surface area contributed by atoms with Gasteiger partial charge in [0, 0.05) is 19.3 Å². The molecule has 0 amide bonds. The maximum atomic E-state index is 13.0. The van der Waals surface area contributed by atoms with Gasteiger partial charge in [-0.2, -0.15) is 18.4 Å². The van der Waals surface area contributed by atoms with Gasteiger partial charge < -0.3 is 10.0 Å². The second-order valence-corrected chi connectivity index (χ2v) is 4.41. The van der Waals surface area contributed by atoms with E-state index in [-0.39, 0.29) is 18.2 Å². The van der Waals surface area contributed by atoms with E-state index in [1.807, 2.05) is 0 Å². The molecule has 1 N–H and O–H groups in total. The lowest BCUT2D eigenvalue weighted by atomic mass is 9.86. The van der Waals surface area contributed by atoms with E-state index in [0.717, 1.165) is 4.90 Å². The smallest absolute Gasteiger partial charge is 0.406 e. The highest BCUT2D eigenvalue weighted by Gasteiger charge is 2.64. The summed E-state index contributed by atoms with van der Waals surface area (Å²) >= 11 is 0. The third-order valence-electron chi connectivity index (χ3n) is 3.26. The highest BCUT2D eigenvalue weighted by atomic mass is 19.4. The summed E-state index contributed by atoms with van der Waals surface area (Å²) in [7, 11) is 0. The summed E-state index contributed by atoms with van der Waals surface area (Å²) in [6.45, 7) is -0.901. The van der Waals surface area contributed by atoms with Crippen molar-refractivity contribution in [3.63, 3.8) is 0 Å². The Labute approximate surface area is 111 Å². The first-order valence-corrected chi connectivity index (χ1v) is 5.58. The topological polar surface area (TPSA) is 90.1 Å². The maximum Gasteiger partial charge on any atom is 0.406 e. The van der Waals surface area contributed by atoms with Crippen LogP contribution in [0.3, 0.4) is 0 Å². The van der Waals surface area contributed by atoms with Gasteiger partial charge in [0.1, 0.15) is 11.8 Å². The first kappa shape index (κ1) is 14.0. The van der Waals surface area contributed by atoms with Crippen LogP contribution in [0.25, 0.3) is 0 Å². The Hall–Kier alpha value is -2.37. The third kappa shape index (κ3) is 2.13. The van der Waals surface area contributed by atoms with Crippen LogP contribution in [0.4, 0.5) is 19.1 Å². The SMILES string of the molecule is N#Cc1ccnc(N2CCC(C(=O)O)(C(F)(F)F)C2)n1. The average molecular weight is 286 g/mol. The van der Waals surface area contributed by atoms with Crippen LogP contribution in [0.2, 0.25) is 0 Å². The Morgan fingerprint density at radius 1 is 1.55 bits per heavy atom. The molecule has 106 valence electrons. The van der Waals surface area contributed by atoms with Crippen molar-refractivity contribution in [2.45, 2.75) is 12.6 Å². The van der Waals surface area contributed by atoms with Gasteiger partial charge in [-0.15, -0.1) is 0 Å². The molecule has 2 rings (SSSR count). The molecule has 1 aliphatic heterocycles. The summed E-state index contributed by atoms with van der Waals surface area (Å²) in [5.41, 5.74) is -2.81. The normalized spacial score (nSPS) is 22.6. The zero-order chi connectivity index (χ0) is 15.0. The molecular weight excluding hydrogens is 277 g/mol. The summed E-state index contributed by atoms with van der Waals surface area (Å²) < 4.78 is 39.0. The van der Waals surface area contributed by atoms with Crippen molar-refractivity contribution in [2.24, 2.45) is 5.41 Å². The molecule has 6 nitrogen and oxygen atoms in total. The fourth-order valence-electron chi connectivity index (χ4n) is 2.07. The third-order valence-corrected chi connectivity index (χ3v) is 3.26. The highest BCUT2D eigenvalue weighted by molar-refractivity contribution is 5.77. The second kappa shape index (κ2) is 4.63. The van der Waals surface area contributed by atoms with Gasteiger partial charge in [0.15, 0.2) is 5.41 Å². The average Bonchev–Trinajstić information content (AvgIpc) is 2.85. The van der Waals surface area contributed by atoms with Gasteiger partial charge in [0.05, 0.1) is 0 Å². The molecular formula is C11H9F3N4O2. The van der Waals surface area contributed by atoms with Crippen LogP contribution < -0.4 is 4.90 Å². The van der Waals surface area contributed by atoms with E-state index in [2.05, 4.69) is 9.97 Å². The van der Waals surface area contributed by atoms with E-state index in [0.29, 0.717) is 0 Å². The van der Waals surface area contributed by atoms with E-state index in [4.69, 9.17) is 10.4 Å². The van der Waals surface area contributed by atoms with Gasteiger partial charge in [-0.05, 0) is 12.5 Å². The largest absolute Gasteiger partial charge is 0.481 e.